The van der Waals surface area contributed by atoms with Crippen LogP contribution in [0.1, 0.15) is 78.3 Å². The van der Waals surface area contributed by atoms with Crippen molar-refractivity contribution in [1.82, 2.24) is 15.5 Å². The van der Waals surface area contributed by atoms with Crippen LogP contribution in [0.15, 0.2) is 24.3 Å². The summed E-state index contributed by atoms with van der Waals surface area (Å²) in [6, 6.07) is 4.25. The molecule has 1 aliphatic carbocycles. The first kappa shape index (κ1) is 27.8. The van der Waals surface area contributed by atoms with Crippen molar-refractivity contribution in [3.05, 3.63) is 29.8 Å². The van der Waals surface area contributed by atoms with E-state index in [1.165, 1.54) is 12.1 Å². The molecule has 1 aromatic carbocycles. The van der Waals surface area contributed by atoms with Gasteiger partial charge < -0.3 is 25.4 Å². The second-order valence-corrected chi connectivity index (χ2v) is 10.3. The molecule has 0 saturated heterocycles. The van der Waals surface area contributed by atoms with Gasteiger partial charge in [0.1, 0.15) is 23.4 Å². The van der Waals surface area contributed by atoms with E-state index in [1.807, 2.05) is 13.8 Å². The molecule has 1 saturated carbocycles. The number of thiol groups is 1. The fourth-order valence-corrected chi connectivity index (χ4v) is 4.21. The minimum absolute atomic E-state index is 0.00976. The van der Waals surface area contributed by atoms with Gasteiger partial charge in [-0.1, -0.05) is 25.5 Å². The number of rotatable bonds is 10. The van der Waals surface area contributed by atoms with E-state index in [4.69, 9.17) is 4.74 Å². The number of hydrogen-bond donors (Lipinski definition) is 4. The molecule has 1 aliphatic rings. The van der Waals surface area contributed by atoms with E-state index in [9.17, 15) is 19.5 Å². The molecule has 1 aromatic rings. The van der Waals surface area contributed by atoms with E-state index in [1.54, 1.807) is 37.8 Å². The highest BCUT2D eigenvalue weighted by Gasteiger charge is 2.42. The highest BCUT2D eigenvalue weighted by atomic mass is 32.1. The summed E-state index contributed by atoms with van der Waals surface area (Å²) in [7, 11) is 0. The molecule has 9 heteroatoms. The summed E-state index contributed by atoms with van der Waals surface area (Å²) in [6.45, 7) is 9.19. The highest BCUT2D eigenvalue weighted by Crippen LogP contribution is 2.34. The van der Waals surface area contributed by atoms with Gasteiger partial charge in [0, 0.05) is 17.8 Å². The van der Waals surface area contributed by atoms with Gasteiger partial charge in [-0.05, 0) is 71.1 Å². The van der Waals surface area contributed by atoms with Crippen LogP contribution in [0.5, 0.6) is 5.75 Å². The van der Waals surface area contributed by atoms with E-state index < -0.39 is 29.7 Å². The minimum atomic E-state index is -0.973. The summed E-state index contributed by atoms with van der Waals surface area (Å²) in [6.07, 6.45) is 3.44. The normalized spacial score (nSPS) is 16.5. The van der Waals surface area contributed by atoms with Gasteiger partial charge in [0.15, 0.2) is 0 Å². The van der Waals surface area contributed by atoms with Gasteiger partial charge in [0.05, 0.1) is 0 Å². The van der Waals surface area contributed by atoms with E-state index in [2.05, 4.69) is 23.3 Å². The van der Waals surface area contributed by atoms with Crippen molar-refractivity contribution < 1.29 is 24.2 Å². The van der Waals surface area contributed by atoms with Crippen molar-refractivity contribution in [3.8, 4) is 5.75 Å². The maximum absolute atomic E-state index is 13.8. The van der Waals surface area contributed by atoms with Crippen molar-refractivity contribution in [2.75, 3.05) is 5.75 Å². The number of hydrogen-bond acceptors (Lipinski definition) is 6. The third kappa shape index (κ3) is 7.82. The third-order valence-corrected chi connectivity index (χ3v) is 6.08. The molecule has 0 heterocycles. The molecule has 2 rings (SSSR count). The number of carbonyl (C=O) groups excluding carboxylic acids is 3. The Morgan fingerprint density at radius 1 is 1.24 bits per heavy atom. The van der Waals surface area contributed by atoms with Crippen LogP contribution in [0.25, 0.3) is 0 Å². The summed E-state index contributed by atoms with van der Waals surface area (Å²) in [5, 5.41) is 15.7. The zero-order chi connectivity index (χ0) is 25.5. The average molecular weight is 494 g/mol. The maximum atomic E-state index is 13.8. The number of benzene rings is 1. The van der Waals surface area contributed by atoms with E-state index >= 15 is 0 Å². The van der Waals surface area contributed by atoms with Crippen molar-refractivity contribution >= 4 is 30.5 Å². The molecule has 0 bridgehead atoms. The first-order chi connectivity index (χ1) is 16.0. The molecule has 0 radical (unpaired) electrons. The molecule has 190 valence electrons. The predicted molar refractivity (Wildman–Crippen MR) is 135 cm³/mol. The van der Waals surface area contributed by atoms with E-state index in [-0.39, 0.29) is 29.5 Å². The fourth-order valence-electron chi connectivity index (χ4n) is 3.96. The number of amides is 3. The number of carbonyl (C=O) groups is 3. The molecule has 3 unspecified atom stereocenters. The largest absolute Gasteiger partial charge is 0.508 e. The predicted octanol–water partition coefficient (Wildman–Crippen LogP) is 3.94. The second kappa shape index (κ2) is 12.3. The Kier molecular flexibility index (Phi) is 10.1. The zero-order valence-corrected chi connectivity index (χ0v) is 21.7. The number of aromatic hydroxyl groups is 1. The van der Waals surface area contributed by atoms with Gasteiger partial charge in [0.2, 0.25) is 11.8 Å². The summed E-state index contributed by atoms with van der Waals surface area (Å²) < 4.78 is 5.32. The van der Waals surface area contributed by atoms with Gasteiger partial charge in [-0.3, -0.25) is 9.59 Å². The van der Waals surface area contributed by atoms with Crippen molar-refractivity contribution in [2.45, 2.75) is 96.5 Å². The molecule has 34 heavy (non-hydrogen) atoms. The van der Waals surface area contributed by atoms with E-state index in [0.717, 1.165) is 32.1 Å². The molecule has 3 amide bonds. The summed E-state index contributed by atoms with van der Waals surface area (Å²) in [5.74, 6) is -0.670. The minimum Gasteiger partial charge on any atom is -0.508 e. The van der Waals surface area contributed by atoms with Crippen LogP contribution < -0.4 is 10.6 Å². The first-order valence-electron chi connectivity index (χ1n) is 12.0. The molecular weight excluding hydrogens is 454 g/mol. The lowest BCUT2D eigenvalue weighted by atomic mass is 9.88. The molecule has 3 N–H and O–H groups in total. The number of phenolic OH excluding ortho intramolecular Hbond substituents is 1. The third-order valence-electron chi connectivity index (χ3n) is 5.72. The van der Waals surface area contributed by atoms with Gasteiger partial charge in [-0.15, -0.1) is 0 Å². The zero-order valence-electron chi connectivity index (χ0n) is 20.8. The number of phenols is 1. The molecule has 3 atom stereocenters. The SMILES string of the molecule is CCCC(C)NC(=O)C(c1cccc(O)c1)N(C(=O)C(CS)NC(=O)OC(C)(C)C)C1CCC1. The van der Waals surface area contributed by atoms with Crippen LogP contribution in [0.2, 0.25) is 0 Å². The van der Waals surface area contributed by atoms with Crippen LogP contribution in [-0.2, 0) is 14.3 Å². The van der Waals surface area contributed by atoms with Crippen molar-refractivity contribution in [2.24, 2.45) is 0 Å². The number of nitrogens with one attached hydrogen (secondary N) is 2. The summed E-state index contributed by atoms with van der Waals surface area (Å²) in [4.78, 5) is 41.3. The lowest BCUT2D eigenvalue weighted by Crippen LogP contribution is -2.58. The number of ether oxygens (including phenoxy) is 1. The Morgan fingerprint density at radius 3 is 2.41 bits per heavy atom. The van der Waals surface area contributed by atoms with Gasteiger partial charge >= 0.3 is 6.09 Å². The average Bonchev–Trinajstić information content (AvgIpc) is 2.68. The summed E-state index contributed by atoms with van der Waals surface area (Å²) >= 11 is 4.30. The Bertz CT molecular complexity index is 853. The smallest absolute Gasteiger partial charge is 0.408 e. The molecule has 0 spiro atoms. The lowest BCUT2D eigenvalue weighted by molar-refractivity contribution is -0.147. The topological polar surface area (TPSA) is 108 Å². The van der Waals surface area contributed by atoms with Crippen LogP contribution in [0, 0.1) is 0 Å². The molecule has 0 aliphatic heterocycles. The lowest BCUT2D eigenvalue weighted by Gasteiger charge is -2.43. The van der Waals surface area contributed by atoms with Gasteiger partial charge in [-0.2, -0.15) is 12.6 Å². The quantitative estimate of drug-likeness (QED) is 0.369. The molecule has 8 nitrogen and oxygen atoms in total. The van der Waals surface area contributed by atoms with Crippen molar-refractivity contribution in [3.63, 3.8) is 0 Å². The fraction of sp³-hybridized carbons (Fsp3) is 0.640. The molecular formula is C25H39N3O5S. The molecule has 1 fully saturated rings. The van der Waals surface area contributed by atoms with Crippen molar-refractivity contribution in [1.29, 1.82) is 0 Å². The second-order valence-electron chi connectivity index (χ2n) is 9.91. The summed E-state index contributed by atoms with van der Waals surface area (Å²) in [5.41, 5.74) is -0.210. The van der Waals surface area contributed by atoms with Crippen LogP contribution in [0.4, 0.5) is 4.79 Å². The number of nitrogens with zero attached hydrogens (tertiary/aromatic N) is 1. The first-order valence-corrected chi connectivity index (χ1v) is 12.6. The van der Waals surface area contributed by atoms with E-state index in [0.29, 0.717) is 5.56 Å². The number of alkyl carbamates (subject to hydrolysis) is 1. The van der Waals surface area contributed by atoms with Gasteiger partial charge in [-0.25, -0.2) is 4.79 Å². The van der Waals surface area contributed by atoms with Crippen LogP contribution in [-0.4, -0.2) is 57.4 Å². The maximum Gasteiger partial charge on any atom is 0.408 e. The van der Waals surface area contributed by atoms with Gasteiger partial charge in [0.25, 0.3) is 0 Å². The van der Waals surface area contributed by atoms with Crippen LogP contribution in [0.3, 0.4) is 0 Å². The Labute approximate surface area is 208 Å². The standard InChI is InChI=1S/C25H39N3O5S/c1-6-9-16(2)26-22(30)21(17-10-7-13-19(29)14-17)28(18-11-8-12-18)23(31)20(15-34)27-24(32)33-25(3,4)5/h7,10,13-14,16,18,20-21,29,34H,6,8-9,11-12,15H2,1-5H3,(H,26,30)(H,27,32). The Hall–Kier alpha value is -2.42. The highest BCUT2D eigenvalue weighted by molar-refractivity contribution is 7.80. The Balaban J connectivity index is 2.41. The molecule has 0 aromatic heterocycles. The Morgan fingerprint density at radius 2 is 1.91 bits per heavy atom. The van der Waals surface area contributed by atoms with Crippen LogP contribution >= 0.6 is 12.6 Å². The monoisotopic (exact) mass is 493 g/mol.